The van der Waals surface area contributed by atoms with E-state index in [0.29, 0.717) is 22.3 Å². The highest BCUT2D eigenvalue weighted by Crippen LogP contribution is 2.39. The molecular weight excluding hydrogens is 419 g/mol. The van der Waals surface area contributed by atoms with Gasteiger partial charge in [0.15, 0.2) is 0 Å². The highest BCUT2D eigenvalue weighted by atomic mass is 35.5. The van der Waals surface area contributed by atoms with Gasteiger partial charge in [-0.15, -0.1) is 22.7 Å². The molecule has 1 amide bonds. The molecule has 3 heterocycles. The van der Waals surface area contributed by atoms with E-state index in [9.17, 15) is 4.79 Å². The average molecular weight is 437 g/mol. The molecule has 0 bridgehead atoms. The highest BCUT2D eigenvalue weighted by molar-refractivity contribution is 7.10. The minimum Gasteiger partial charge on any atom is -0.322 e. The van der Waals surface area contributed by atoms with Gasteiger partial charge in [0.2, 0.25) is 5.91 Å². The fourth-order valence-electron chi connectivity index (χ4n) is 3.45. The topological polar surface area (TPSA) is 32.3 Å². The Labute approximate surface area is 176 Å². The summed E-state index contributed by atoms with van der Waals surface area (Å²) in [6.45, 7) is 3.03. The largest absolute Gasteiger partial charge is 0.322 e. The van der Waals surface area contributed by atoms with Crippen LogP contribution in [0, 0.1) is 6.92 Å². The first-order chi connectivity index (χ1) is 13.0. The molecule has 1 N–H and O–H groups in total. The van der Waals surface area contributed by atoms with Gasteiger partial charge in [0.25, 0.3) is 0 Å². The molecular formula is C20H18Cl2N2OS2. The number of nitrogens with zero attached hydrogens (tertiary/aromatic N) is 1. The van der Waals surface area contributed by atoms with Gasteiger partial charge in [-0.1, -0.05) is 35.3 Å². The molecule has 0 radical (unpaired) electrons. The van der Waals surface area contributed by atoms with E-state index in [1.807, 2.05) is 13.0 Å². The van der Waals surface area contributed by atoms with E-state index in [1.165, 1.54) is 15.3 Å². The van der Waals surface area contributed by atoms with E-state index in [1.54, 1.807) is 28.7 Å². The first kappa shape index (κ1) is 19.0. The summed E-state index contributed by atoms with van der Waals surface area (Å²) >= 11 is 16.1. The zero-order valence-electron chi connectivity index (χ0n) is 14.7. The van der Waals surface area contributed by atoms with E-state index >= 15 is 0 Å². The van der Waals surface area contributed by atoms with E-state index in [-0.39, 0.29) is 11.9 Å². The monoisotopic (exact) mass is 436 g/mol. The van der Waals surface area contributed by atoms with Gasteiger partial charge in [-0.25, -0.2) is 0 Å². The van der Waals surface area contributed by atoms with Gasteiger partial charge in [-0.2, -0.15) is 0 Å². The molecule has 1 atom stereocenters. The molecule has 27 heavy (non-hydrogen) atoms. The predicted octanol–water partition coefficient (Wildman–Crippen LogP) is 6.01. The van der Waals surface area contributed by atoms with Crippen molar-refractivity contribution in [1.29, 1.82) is 0 Å². The lowest BCUT2D eigenvalue weighted by Crippen LogP contribution is -2.40. The number of benzene rings is 1. The molecule has 1 aliphatic rings. The summed E-state index contributed by atoms with van der Waals surface area (Å²) in [5, 5.41) is 8.08. The second-order valence-corrected chi connectivity index (χ2v) is 9.30. The first-order valence-corrected chi connectivity index (χ1v) is 11.1. The number of hydrogen-bond acceptors (Lipinski definition) is 4. The third-order valence-electron chi connectivity index (χ3n) is 4.77. The zero-order valence-corrected chi connectivity index (χ0v) is 17.8. The smallest absolute Gasteiger partial charge is 0.238 e. The highest BCUT2D eigenvalue weighted by Gasteiger charge is 2.31. The van der Waals surface area contributed by atoms with Gasteiger partial charge in [0, 0.05) is 16.3 Å². The van der Waals surface area contributed by atoms with Gasteiger partial charge >= 0.3 is 0 Å². The predicted molar refractivity (Wildman–Crippen MR) is 116 cm³/mol. The maximum atomic E-state index is 12.8. The third kappa shape index (κ3) is 3.80. The maximum absolute atomic E-state index is 12.8. The van der Waals surface area contributed by atoms with E-state index in [0.717, 1.165) is 18.5 Å². The van der Waals surface area contributed by atoms with Crippen LogP contribution in [-0.2, 0) is 11.2 Å². The minimum absolute atomic E-state index is 0.107. The summed E-state index contributed by atoms with van der Waals surface area (Å²) in [5.41, 5.74) is 2.69. The molecule has 1 aromatic carbocycles. The molecule has 140 valence electrons. The van der Waals surface area contributed by atoms with Crippen LogP contribution in [0.4, 0.5) is 5.69 Å². The average Bonchev–Trinajstić information content (AvgIpc) is 3.33. The minimum atomic E-state index is -0.107. The van der Waals surface area contributed by atoms with Crippen molar-refractivity contribution in [2.24, 2.45) is 0 Å². The first-order valence-electron chi connectivity index (χ1n) is 8.62. The summed E-state index contributed by atoms with van der Waals surface area (Å²) in [6, 6.07) is 10.1. The normalized spacial score (nSPS) is 16.9. The SMILES string of the molecule is Cc1ccc(Cl)c(NC(=O)CN2CCc3sccc3[C@H]2c2cccs2)c1Cl. The molecule has 3 aromatic rings. The molecule has 4 rings (SSSR count). The number of nitrogens with one attached hydrogen (secondary N) is 1. The second kappa shape index (κ2) is 7.94. The number of thiophene rings is 2. The van der Waals surface area contributed by atoms with Crippen molar-refractivity contribution in [2.75, 3.05) is 18.4 Å². The molecule has 2 aromatic heterocycles. The van der Waals surface area contributed by atoms with Crippen LogP contribution < -0.4 is 5.32 Å². The van der Waals surface area contributed by atoms with Crippen LogP contribution in [0.2, 0.25) is 10.0 Å². The number of anilines is 1. The van der Waals surface area contributed by atoms with Gasteiger partial charge in [0.05, 0.1) is 28.3 Å². The second-order valence-electron chi connectivity index (χ2n) is 6.54. The van der Waals surface area contributed by atoms with Crippen molar-refractivity contribution < 1.29 is 4.79 Å². The Balaban J connectivity index is 1.57. The van der Waals surface area contributed by atoms with Crippen molar-refractivity contribution in [3.63, 3.8) is 0 Å². The number of hydrogen-bond donors (Lipinski definition) is 1. The number of carbonyl (C=O) groups excluding carboxylic acids is 1. The Hall–Kier alpha value is -1.37. The molecule has 0 spiro atoms. The molecule has 0 saturated carbocycles. The summed E-state index contributed by atoms with van der Waals surface area (Å²) in [7, 11) is 0. The quantitative estimate of drug-likeness (QED) is 0.542. The van der Waals surface area contributed by atoms with Crippen LogP contribution in [-0.4, -0.2) is 23.9 Å². The lowest BCUT2D eigenvalue weighted by molar-refractivity contribution is -0.117. The molecule has 0 aliphatic carbocycles. The fourth-order valence-corrected chi connectivity index (χ4v) is 5.70. The molecule has 0 unspecified atom stereocenters. The molecule has 3 nitrogen and oxygen atoms in total. The Morgan fingerprint density at radius 3 is 2.85 bits per heavy atom. The number of carbonyl (C=O) groups is 1. The Morgan fingerprint density at radius 2 is 2.07 bits per heavy atom. The number of halogens is 2. The Bertz CT molecular complexity index is 969. The van der Waals surface area contributed by atoms with Crippen LogP contribution in [0.25, 0.3) is 0 Å². The van der Waals surface area contributed by atoms with Crippen LogP contribution in [0.15, 0.2) is 41.1 Å². The number of rotatable bonds is 4. The van der Waals surface area contributed by atoms with Crippen molar-refractivity contribution in [3.05, 3.63) is 72.0 Å². The van der Waals surface area contributed by atoms with Crippen molar-refractivity contribution in [2.45, 2.75) is 19.4 Å². The molecule has 0 saturated heterocycles. The van der Waals surface area contributed by atoms with Gasteiger partial charge < -0.3 is 5.32 Å². The van der Waals surface area contributed by atoms with Crippen LogP contribution in [0.1, 0.15) is 26.9 Å². The Morgan fingerprint density at radius 1 is 1.22 bits per heavy atom. The zero-order chi connectivity index (χ0) is 19.0. The maximum Gasteiger partial charge on any atom is 0.238 e. The van der Waals surface area contributed by atoms with Crippen molar-refractivity contribution in [3.8, 4) is 0 Å². The molecule has 7 heteroatoms. The Kier molecular flexibility index (Phi) is 5.58. The lowest BCUT2D eigenvalue weighted by Gasteiger charge is -2.34. The van der Waals surface area contributed by atoms with Crippen LogP contribution >= 0.6 is 45.9 Å². The lowest BCUT2D eigenvalue weighted by atomic mass is 9.98. The van der Waals surface area contributed by atoms with E-state index < -0.39 is 0 Å². The summed E-state index contributed by atoms with van der Waals surface area (Å²) in [6.07, 6.45) is 0.966. The van der Waals surface area contributed by atoms with Crippen molar-refractivity contribution in [1.82, 2.24) is 4.90 Å². The van der Waals surface area contributed by atoms with Crippen molar-refractivity contribution >= 4 is 57.5 Å². The van der Waals surface area contributed by atoms with Crippen LogP contribution in [0.3, 0.4) is 0 Å². The molecule has 0 fully saturated rings. The summed E-state index contributed by atoms with van der Waals surface area (Å²) in [5.74, 6) is -0.107. The van der Waals surface area contributed by atoms with Gasteiger partial charge in [-0.3, -0.25) is 9.69 Å². The number of fused-ring (bicyclic) bond motifs is 1. The van der Waals surface area contributed by atoms with Gasteiger partial charge in [0.1, 0.15) is 0 Å². The third-order valence-corrected chi connectivity index (χ3v) is 7.50. The number of aryl methyl sites for hydroxylation is 1. The standard InChI is InChI=1S/C20H18Cl2N2OS2/c1-12-4-5-14(21)19(18(12)22)23-17(25)11-24-8-6-15-13(7-10-27-15)20(24)16-3-2-9-26-16/h2-5,7,9-10,20H,6,8,11H2,1H3,(H,23,25)/t20-/m0/s1. The van der Waals surface area contributed by atoms with Gasteiger partial charge in [-0.05, 0) is 53.4 Å². The molecule has 1 aliphatic heterocycles. The fraction of sp³-hybridized carbons (Fsp3) is 0.250. The summed E-state index contributed by atoms with van der Waals surface area (Å²) in [4.78, 5) is 17.7. The van der Waals surface area contributed by atoms with E-state index in [2.05, 4.69) is 39.2 Å². The van der Waals surface area contributed by atoms with Crippen LogP contribution in [0.5, 0.6) is 0 Å². The number of amides is 1. The summed E-state index contributed by atoms with van der Waals surface area (Å²) < 4.78 is 0. The van der Waals surface area contributed by atoms with E-state index in [4.69, 9.17) is 23.2 Å².